The highest BCUT2D eigenvalue weighted by molar-refractivity contribution is 5.95. The van der Waals surface area contributed by atoms with Gasteiger partial charge in [0.1, 0.15) is 11.5 Å². The summed E-state index contributed by atoms with van der Waals surface area (Å²) in [5.74, 6) is 1.14. The summed E-state index contributed by atoms with van der Waals surface area (Å²) in [5.41, 5.74) is 2.90. The average molecular weight is 428 g/mol. The molecular formula is C22H29N5O4. The van der Waals surface area contributed by atoms with Crippen molar-refractivity contribution in [1.82, 2.24) is 19.6 Å². The molecule has 1 saturated heterocycles. The van der Waals surface area contributed by atoms with Gasteiger partial charge in [-0.3, -0.25) is 9.48 Å². The van der Waals surface area contributed by atoms with Crippen LogP contribution in [0.3, 0.4) is 0 Å². The molecule has 3 heterocycles. The van der Waals surface area contributed by atoms with Crippen LogP contribution in [-0.2, 0) is 20.0 Å². The summed E-state index contributed by atoms with van der Waals surface area (Å²) in [5, 5.41) is 7.44. The van der Waals surface area contributed by atoms with E-state index < -0.39 is 0 Å². The minimum absolute atomic E-state index is 0.0318. The first-order valence-corrected chi connectivity index (χ1v) is 10.6. The van der Waals surface area contributed by atoms with Crippen LogP contribution in [0.1, 0.15) is 41.0 Å². The van der Waals surface area contributed by atoms with E-state index in [4.69, 9.17) is 9.47 Å². The van der Waals surface area contributed by atoms with Crippen molar-refractivity contribution in [3.63, 3.8) is 0 Å². The Morgan fingerprint density at radius 2 is 1.81 bits per heavy atom. The molecule has 0 saturated carbocycles. The average Bonchev–Trinajstić information content (AvgIpc) is 3.15. The number of carbonyl (C=O) groups excluding carboxylic acids is 2. The second-order valence-electron chi connectivity index (χ2n) is 7.92. The summed E-state index contributed by atoms with van der Waals surface area (Å²) in [4.78, 5) is 29.7. The van der Waals surface area contributed by atoms with E-state index in [1.807, 2.05) is 11.9 Å². The zero-order chi connectivity index (χ0) is 22.0. The maximum absolute atomic E-state index is 13.1. The number of hydrogen-bond acceptors (Lipinski definition) is 5. The fraction of sp³-hybridized carbons (Fsp3) is 0.500. The van der Waals surface area contributed by atoms with E-state index in [-0.39, 0.29) is 11.9 Å². The highest BCUT2D eigenvalue weighted by Gasteiger charge is 2.31. The number of benzene rings is 1. The number of urea groups is 1. The van der Waals surface area contributed by atoms with Gasteiger partial charge in [-0.25, -0.2) is 4.79 Å². The molecule has 1 aromatic carbocycles. The van der Waals surface area contributed by atoms with Crippen molar-refractivity contribution in [3.05, 3.63) is 35.2 Å². The third-order valence-corrected chi connectivity index (χ3v) is 6.03. The molecule has 0 bridgehead atoms. The molecule has 3 amide bonds. The minimum atomic E-state index is -0.241. The normalized spacial score (nSPS) is 16.0. The summed E-state index contributed by atoms with van der Waals surface area (Å²) in [6.45, 7) is 2.44. The Balaban J connectivity index is 1.52. The van der Waals surface area contributed by atoms with Gasteiger partial charge in [0.15, 0.2) is 5.69 Å². The Kier molecular flexibility index (Phi) is 6.01. The zero-order valence-corrected chi connectivity index (χ0v) is 18.3. The molecule has 1 aromatic heterocycles. The molecule has 31 heavy (non-hydrogen) atoms. The number of hydrogen-bond donors (Lipinski definition) is 1. The number of amides is 3. The first-order chi connectivity index (χ1) is 15.0. The van der Waals surface area contributed by atoms with Gasteiger partial charge in [-0.05, 0) is 31.4 Å². The van der Waals surface area contributed by atoms with E-state index in [2.05, 4.69) is 10.4 Å². The number of aryl methyl sites for hydroxylation is 1. The maximum Gasteiger partial charge on any atom is 0.322 e. The fourth-order valence-corrected chi connectivity index (χ4v) is 4.28. The number of likely N-dealkylation sites (tertiary alicyclic amines) is 1. The summed E-state index contributed by atoms with van der Waals surface area (Å²) >= 11 is 0. The van der Waals surface area contributed by atoms with Crippen LogP contribution in [0, 0.1) is 0 Å². The molecule has 1 N–H and O–H groups in total. The molecule has 1 fully saturated rings. The molecule has 166 valence electrons. The molecule has 2 aromatic rings. The number of nitrogens with one attached hydrogen (secondary N) is 1. The fourth-order valence-electron chi connectivity index (χ4n) is 4.28. The predicted molar refractivity (Wildman–Crippen MR) is 116 cm³/mol. The van der Waals surface area contributed by atoms with E-state index in [0.29, 0.717) is 42.4 Å². The van der Waals surface area contributed by atoms with E-state index >= 15 is 0 Å². The van der Waals surface area contributed by atoms with Crippen LogP contribution in [0.4, 0.5) is 10.5 Å². The second kappa shape index (κ2) is 8.87. The maximum atomic E-state index is 13.1. The predicted octanol–water partition coefficient (Wildman–Crippen LogP) is 2.65. The van der Waals surface area contributed by atoms with Gasteiger partial charge in [0, 0.05) is 50.4 Å². The van der Waals surface area contributed by atoms with Crippen molar-refractivity contribution in [2.45, 2.75) is 32.2 Å². The van der Waals surface area contributed by atoms with Gasteiger partial charge < -0.3 is 24.6 Å². The third kappa shape index (κ3) is 4.17. The van der Waals surface area contributed by atoms with Crippen LogP contribution in [0.15, 0.2) is 18.2 Å². The van der Waals surface area contributed by atoms with E-state index in [0.717, 1.165) is 43.6 Å². The van der Waals surface area contributed by atoms with Crippen molar-refractivity contribution in [2.24, 2.45) is 7.05 Å². The van der Waals surface area contributed by atoms with Gasteiger partial charge in [-0.15, -0.1) is 0 Å². The van der Waals surface area contributed by atoms with Crippen LogP contribution >= 0.6 is 0 Å². The van der Waals surface area contributed by atoms with E-state index in [9.17, 15) is 9.59 Å². The number of rotatable bonds is 4. The van der Waals surface area contributed by atoms with Gasteiger partial charge in [0.2, 0.25) is 0 Å². The molecule has 0 aliphatic carbocycles. The molecule has 4 rings (SSSR count). The molecule has 2 aliphatic heterocycles. The largest absolute Gasteiger partial charge is 0.497 e. The number of ether oxygens (including phenoxy) is 2. The van der Waals surface area contributed by atoms with Crippen molar-refractivity contribution in [3.8, 4) is 11.5 Å². The summed E-state index contributed by atoms with van der Waals surface area (Å²) in [6.07, 6.45) is 3.87. The number of piperidine rings is 1. The molecule has 9 nitrogen and oxygen atoms in total. The van der Waals surface area contributed by atoms with Gasteiger partial charge in [0.05, 0.1) is 26.5 Å². The molecule has 0 spiro atoms. The second-order valence-corrected chi connectivity index (χ2v) is 7.92. The smallest absolute Gasteiger partial charge is 0.322 e. The van der Waals surface area contributed by atoms with E-state index in [1.165, 1.54) is 0 Å². The van der Waals surface area contributed by atoms with Gasteiger partial charge in [-0.1, -0.05) is 0 Å². The Labute approximate surface area is 181 Å². The quantitative estimate of drug-likeness (QED) is 0.810. The minimum Gasteiger partial charge on any atom is -0.497 e. The van der Waals surface area contributed by atoms with Crippen LogP contribution in [0.5, 0.6) is 11.5 Å². The molecule has 0 unspecified atom stereocenters. The first kappa shape index (κ1) is 21.0. The Morgan fingerprint density at radius 3 is 2.52 bits per heavy atom. The molecule has 2 aliphatic rings. The lowest BCUT2D eigenvalue weighted by Crippen LogP contribution is -2.40. The Bertz CT molecular complexity index is 981. The molecule has 0 radical (unpaired) electrons. The van der Waals surface area contributed by atoms with Gasteiger partial charge in [-0.2, -0.15) is 5.10 Å². The van der Waals surface area contributed by atoms with Crippen LogP contribution in [-0.4, -0.2) is 65.4 Å². The van der Waals surface area contributed by atoms with E-state index in [1.54, 1.807) is 42.0 Å². The zero-order valence-electron chi connectivity index (χ0n) is 18.3. The van der Waals surface area contributed by atoms with Crippen molar-refractivity contribution >= 4 is 17.6 Å². The Hall–Kier alpha value is -3.23. The summed E-state index contributed by atoms with van der Waals surface area (Å²) < 4.78 is 12.4. The monoisotopic (exact) mass is 427 g/mol. The lowest BCUT2D eigenvalue weighted by molar-refractivity contribution is 0.0715. The molecule has 9 heteroatoms. The van der Waals surface area contributed by atoms with Gasteiger partial charge in [0.25, 0.3) is 5.91 Å². The first-order valence-electron chi connectivity index (χ1n) is 10.6. The topological polar surface area (TPSA) is 88.9 Å². The number of nitrogens with zero attached hydrogens (tertiary/aromatic N) is 4. The summed E-state index contributed by atoms with van der Waals surface area (Å²) in [6, 6.07) is 5.00. The van der Waals surface area contributed by atoms with Crippen molar-refractivity contribution < 1.29 is 19.1 Å². The lowest BCUT2D eigenvalue weighted by Gasteiger charge is -2.29. The number of anilines is 1. The van der Waals surface area contributed by atoms with Crippen LogP contribution in [0.2, 0.25) is 0 Å². The van der Waals surface area contributed by atoms with Crippen LogP contribution < -0.4 is 14.8 Å². The highest BCUT2D eigenvalue weighted by Crippen LogP contribution is 2.30. The third-order valence-electron chi connectivity index (χ3n) is 6.03. The Morgan fingerprint density at radius 1 is 1.03 bits per heavy atom. The lowest BCUT2D eigenvalue weighted by atomic mass is 10.0. The SMILES string of the molecule is COc1ccc(NC(=O)N2CCc3c(c(C(=O)N4CCCCC4)nn3C)C2)c(OC)c1. The number of fused-ring (bicyclic) bond motifs is 1. The number of aromatic nitrogens is 2. The highest BCUT2D eigenvalue weighted by atomic mass is 16.5. The molecule has 0 atom stereocenters. The standard InChI is InChI=1S/C22H29N5O4/c1-25-18-9-12-27(22(29)23-17-8-7-15(30-2)13-19(17)31-3)14-16(18)20(24-25)21(28)26-10-5-4-6-11-26/h7-8,13H,4-6,9-12,14H2,1-3H3,(H,23,29). The summed E-state index contributed by atoms with van der Waals surface area (Å²) in [7, 11) is 4.99. The number of carbonyl (C=O) groups is 2. The van der Waals surface area contributed by atoms with Crippen molar-refractivity contribution in [1.29, 1.82) is 0 Å². The van der Waals surface area contributed by atoms with Crippen molar-refractivity contribution in [2.75, 3.05) is 39.2 Å². The van der Waals surface area contributed by atoms with Gasteiger partial charge >= 0.3 is 6.03 Å². The number of methoxy groups -OCH3 is 2. The van der Waals surface area contributed by atoms with Crippen LogP contribution in [0.25, 0.3) is 0 Å². The molecular weight excluding hydrogens is 398 g/mol.